The van der Waals surface area contributed by atoms with Crippen molar-refractivity contribution in [2.24, 2.45) is 0 Å². The predicted octanol–water partition coefficient (Wildman–Crippen LogP) is 0.901. The van der Waals surface area contributed by atoms with Gasteiger partial charge in [0.1, 0.15) is 29.7 Å². The fraction of sp³-hybridized carbons (Fsp3) is 0.478. The molecule has 0 spiro atoms. The van der Waals surface area contributed by atoms with Crippen LogP contribution in [0.4, 0.5) is 0 Å². The fourth-order valence-corrected chi connectivity index (χ4v) is 3.58. The van der Waals surface area contributed by atoms with Crippen LogP contribution in [0.15, 0.2) is 42.5 Å². The van der Waals surface area contributed by atoms with Crippen LogP contribution in [0.5, 0.6) is 5.75 Å². The molecule has 30 heavy (non-hydrogen) atoms. The predicted molar refractivity (Wildman–Crippen MR) is 110 cm³/mol. The second-order valence-electron chi connectivity index (χ2n) is 7.90. The van der Waals surface area contributed by atoms with Crippen molar-refractivity contribution in [1.29, 1.82) is 0 Å². The van der Waals surface area contributed by atoms with Crippen LogP contribution in [0.1, 0.15) is 36.1 Å². The largest absolute Gasteiger partial charge is 0.462 e. The first-order valence-electron chi connectivity index (χ1n) is 10.1. The highest BCUT2D eigenvalue weighted by molar-refractivity contribution is 5.41. The molecule has 164 valence electrons. The molecule has 0 bridgehead atoms. The van der Waals surface area contributed by atoms with E-state index in [4.69, 9.17) is 9.47 Å². The third-order valence-corrected chi connectivity index (χ3v) is 5.70. The summed E-state index contributed by atoms with van der Waals surface area (Å²) in [6.07, 6.45) is -4.02. The first kappa shape index (κ1) is 22.7. The van der Waals surface area contributed by atoms with Gasteiger partial charge >= 0.3 is 0 Å². The van der Waals surface area contributed by atoms with E-state index in [2.05, 4.69) is 19.1 Å². The molecule has 0 aromatic heterocycles. The van der Waals surface area contributed by atoms with E-state index >= 15 is 0 Å². The van der Waals surface area contributed by atoms with Gasteiger partial charge in [-0.1, -0.05) is 43.3 Å². The number of ether oxygens (including phenoxy) is 2. The van der Waals surface area contributed by atoms with Crippen molar-refractivity contribution in [3.05, 3.63) is 64.7 Å². The molecule has 1 saturated heterocycles. The van der Waals surface area contributed by atoms with Crippen LogP contribution in [0.25, 0.3) is 0 Å². The number of hydrogen-bond donors (Lipinski definition) is 5. The van der Waals surface area contributed by atoms with Crippen LogP contribution in [0.3, 0.4) is 0 Å². The highest BCUT2D eigenvalue weighted by Gasteiger charge is 2.52. The molecule has 7 nitrogen and oxygen atoms in total. The van der Waals surface area contributed by atoms with Crippen molar-refractivity contribution in [1.82, 2.24) is 0 Å². The zero-order chi connectivity index (χ0) is 21.9. The van der Waals surface area contributed by atoms with Gasteiger partial charge in [-0.15, -0.1) is 0 Å². The maximum absolute atomic E-state index is 10.4. The van der Waals surface area contributed by atoms with Crippen LogP contribution in [0, 0.1) is 0 Å². The van der Waals surface area contributed by atoms with Gasteiger partial charge < -0.3 is 35.0 Å². The third-order valence-electron chi connectivity index (χ3n) is 5.70. The van der Waals surface area contributed by atoms with Crippen molar-refractivity contribution in [2.45, 2.75) is 63.5 Å². The first-order valence-corrected chi connectivity index (χ1v) is 10.1. The van der Waals surface area contributed by atoms with E-state index in [0.717, 1.165) is 17.5 Å². The molecule has 1 heterocycles. The summed E-state index contributed by atoms with van der Waals surface area (Å²) in [5.41, 5.74) is 1.90. The summed E-state index contributed by atoms with van der Waals surface area (Å²) in [5, 5.41) is 50.1. The lowest BCUT2D eigenvalue weighted by molar-refractivity contribution is -0.308. The molecule has 5 atom stereocenters. The number of hydrogen-bond acceptors (Lipinski definition) is 7. The van der Waals surface area contributed by atoms with Crippen molar-refractivity contribution in [3.8, 4) is 5.75 Å². The van der Waals surface area contributed by atoms with Crippen molar-refractivity contribution in [2.75, 3.05) is 6.61 Å². The molecule has 2 aromatic carbocycles. The van der Waals surface area contributed by atoms with E-state index in [1.54, 1.807) is 12.1 Å². The molecule has 0 saturated carbocycles. The smallest absolute Gasteiger partial charge is 0.229 e. The minimum Gasteiger partial charge on any atom is -0.462 e. The topological polar surface area (TPSA) is 120 Å². The van der Waals surface area contributed by atoms with E-state index in [9.17, 15) is 25.5 Å². The van der Waals surface area contributed by atoms with Gasteiger partial charge in [-0.2, -0.15) is 0 Å². The van der Waals surface area contributed by atoms with Gasteiger partial charge in [0.05, 0.1) is 13.2 Å². The molecular weight excluding hydrogens is 388 g/mol. The third kappa shape index (κ3) is 4.67. The quantitative estimate of drug-likeness (QED) is 0.453. The molecule has 1 aliphatic rings. The summed E-state index contributed by atoms with van der Waals surface area (Å²) in [6, 6.07) is 13.5. The molecule has 3 rings (SSSR count). The highest BCUT2D eigenvalue weighted by Crippen LogP contribution is 2.33. The molecule has 5 N–H and O–H groups in total. The number of rotatable bonds is 7. The van der Waals surface area contributed by atoms with E-state index in [1.807, 2.05) is 18.2 Å². The Morgan fingerprint density at radius 3 is 2.23 bits per heavy atom. The van der Waals surface area contributed by atoms with Crippen LogP contribution in [-0.2, 0) is 24.2 Å². The monoisotopic (exact) mass is 418 g/mol. The van der Waals surface area contributed by atoms with Gasteiger partial charge in [0.2, 0.25) is 6.29 Å². The van der Waals surface area contributed by atoms with E-state index in [-0.39, 0.29) is 6.61 Å². The molecular formula is C23H30O7. The maximum atomic E-state index is 10.4. The zero-order valence-electron chi connectivity index (χ0n) is 17.2. The second kappa shape index (κ2) is 9.43. The van der Waals surface area contributed by atoms with Gasteiger partial charge in [0.15, 0.2) is 0 Å². The molecule has 7 heteroatoms. The Morgan fingerprint density at radius 1 is 1.00 bits per heavy atom. The van der Waals surface area contributed by atoms with Gasteiger partial charge in [0.25, 0.3) is 0 Å². The number of aryl methyl sites for hydroxylation is 1. The number of aliphatic hydroxyl groups excluding tert-OH is 4. The fourth-order valence-electron chi connectivity index (χ4n) is 3.58. The van der Waals surface area contributed by atoms with Crippen LogP contribution in [-0.4, -0.2) is 62.3 Å². The SMILES string of the molecule is CCc1ccc(Cc2ccc(CO)cc2O[C@H]2O[C@H](CO)[C@@](C)(O)[C@H](O)[C@H]2O)cc1. The summed E-state index contributed by atoms with van der Waals surface area (Å²) < 4.78 is 11.4. The number of aliphatic hydroxyl groups is 5. The van der Waals surface area contributed by atoms with Gasteiger partial charge in [0, 0.05) is 6.42 Å². The van der Waals surface area contributed by atoms with E-state index in [1.165, 1.54) is 12.5 Å². The first-order chi connectivity index (χ1) is 14.3. The molecule has 0 radical (unpaired) electrons. The van der Waals surface area contributed by atoms with Gasteiger partial charge in [-0.3, -0.25) is 0 Å². The Morgan fingerprint density at radius 2 is 1.63 bits per heavy atom. The minimum absolute atomic E-state index is 0.188. The lowest BCUT2D eigenvalue weighted by Gasteiger charge is -2.45. The Balaban J connectivity index is 1.86. The average Bonchev–Trinajstić information content (AvgIpc) is 2.75. The minimum atomic E-state index is -1.83. The maximum Gasteiger partial charge on any atom is 0.229 e. The van der Waals surface area contributed by atoms with Crippen LogP contribution < -0.4 is 4.74 Å². The second-order valence-corrected chi connectivity index (χ2v) is 7.90. The zero-order valence-corrected chi connectivity index (χ0v) is 17.2. The van der Waals surface area contributed by atoms with Gasteiger partial charge in [-0.25, -0.2) is 0 Å². The van der Waals surface area contributed by atoms with Crippen LogP contribution >= 0.6 is 0 Å². The van der Waals surface area contributed by atoms with Crippen molar-refractivity contribution in [3.63, 3.8) is 0 Å². The van der Waals surface area contributed by atoms with E-state index in [0.29, 0.717) is 17.7 Å². The summed E-state index contributed by atoms with van der Waals surface area (Å²) in [6.45, 7) is 2.64. The number of benzene rings is 2. The molecule has 0 unspecified atom stereocenters. The highest BCUT2D eigenvalue weighted by atomic mass is 16.7. The summed E-state index contributed by atoms with van der Waals surface area (Å²) >= 11 is 0. The van der Waals surface area contributed by atoms with E-state index < -0.39 is 36.8 Å². The molecule has 0 amide bonds. The van der Waals surface area contributed by atoms with Crippen molar-refractivity contribution >= 4 is 0 Å². The summed E-state index contributed by atoms with van der Waals surface area (Å²) in [5.74, 6) is 0.385. The van der Waals surface area contributed by atoms with Gasteiger partial charge in [-0.05, 0) is 41.7 Å². The van der Waals surface area contributed by atoms with Crippen LogP contribution in [0.2, 0.25) is 0 Å². The Bertz CT molecular complexity index is 830. The summed E-state index contributed by atoms with van der Waals surface area (Å²) in [7, 11) is 0. The lowest BCUT2D eigenvalue weighted by Crippen LogP contribution is -2.66. The molecule has 1 aliphatic heterocycles. The summed E-state index contributed by atoms with van der Waals surface area (Å²) in [4.78, 5) is 0. The molecule has 2 aromatic rings. The normalized spacial score (nSPS) is 29.0. The average molecular weight is 418 g/mol. The standard InChI is InChI=1S/C23H30O7/c1-3-14-4-6-15(7-5-14)10-17-9-8-16(12-24)11-18(17)29-22-20(26)21(27)23(2,28)19(13-25)30-22/h4-9,11,19-22,24-28H,3,10,12-13H2,1-2H3/t19-,20-,21-,22+,23-/m1/s1. The Hall–Kier alpha value is -2.00. The lowest BCUT2D eigenvalue weighted by atomic mass is 9.86. The molecule has 0 aliphatic carbocycles. The Labute approximate surface area is 176 Å². The van der Waals surface area contributed by atoms with Crippen molar-refractivity contribution < 1.29 is 35.0 Å². The molecule has 1 fully saturated rings. The Kier molecular flexibility index (Phi) is 7.13.